The average Bonchev–Trinajstić information content (AvgIpc) is 2.14. The van der Waals surface area contributed by atoms with Crippen LogP contribution in [0.4, 0.5) is 5.69 Å². The molecule has 0 spiro atoms. The van der Waals surface area contributed by atoms with Crippen molar-refractivity contribution in [3.05, 3.63) is 27.3 Å². The van der Waals surface area contributed by atoms with Gasteiger partial charge in [-0.3, -0.25) is 10.1 Å². The smallest absolute Gasteiger partial charge is 0.312 e. The number of hydrogen-bond donors (Lipinski definition) is 0. The van der Waals surface area contributed by atoms with E-state index in [1.165, 1.54) is 7.11 Å². The third-order valence-corrected chi connectivity index (χ3v) is 3.48. The second-order valence-corrected chi connectivity index (χ2v) is 5.59. The van der Waals surface area contributed by atoms with E-state index >= 15 is 0 Å². The number of nitro benzene ring substituents is 1. The number of nitrogens with zero attached hydrogens (tertiary/aromatic N) is 1. The molecular weight excluding hydrogens is 281 g/mol. The molecule has 0 unspecified atom stereocenters. The van der Waals surface area contributed by atoms with Gasteiger partial charge in [0.05, 0.1) is 17.1 Å². The van der Waals surface area contributed by atoms with Gasteiger partial charge in [-0.25, -0.2) is 8.42 Å². The van der Waals surface area contributed by atoms with E-state index in [0.29, 0.717) is 0 Å². The van der Waals surface area contributed by atoms with Gasteiger partial charge in [0.25, 0.3) is 9.05 Å². The van der Waals surface area contributed by atoms with Gasteiger partial charge in [0.1, 0.15) is 4.90 Å². The fourth-order valence-electron chi connectivity index (χ4n) is 1.02. The van der Waals surface area contributed by atoms with Crippen LogP contribution >= 0.6 is 22.3 Å². The van der Waals surface area contributed by atoms with Gasteiger partial charge >= 0.3 is 5.69 Å². The Morgan fingerprint density at radius 3 is 2.38 bits per heavy atom. The molecule has 0 saturated carbocycles. The van der Waals surface area contributed by atoms with Crippen molar-refractivity contribution in [3.63, 3.8) is 0 Å². The topological polar surface area (TPSA) is 86.5 Å². The number of methoxy groups -OCH3 is 1. The van der Waals surface area contributed by atoms with Crippen molar-refractivity contribution >= 4 is 37.0 Å². The van der Waals surface area contributed by atoms with Crippen molar-refractivity contribution in [2.45, 2.75) is 4.90 Å². The first-order valence-corrected chi connectivity index (χ1v) is 6.42. The summed E-state index contributed by atoms with van der Waals surface area (Å²) in [7, 11) is 2.13. The zero-order chi connectivity index (χ0) is 12.5. The molecule has 1 aromatic rings. The Morgan fingerprint density at radius 1 is 1.44 bits per heavy atom. The van der Waals surface area contributed by atoms with Crippen molar-refractivity contribution in [1.82, 2.24) is 0 Å². The summed E-state index contributed by atoms with van der Waals surface area (Å²) in [5.74, 6) is -0.140. The molecule has 0 bridgehead atoms. The summed E-state index contributed by atoms with van der Waals surface area (Å²) in [4.78, 5) is 9.30. The van der Waals surface area contributed by atoms with E-state index in [1.54, 1.807) is 0 Å². The number of hydrogen-bond acceptors (Lipinski definition) is 5. The number of halogens is 2. The molecule has 0 aliphatic heterocycles. The lowest BCUT2D eigenvalue weighted by atomic mass is 10.3. The number of rotatable bonds is 3. The quantitative estimate of drug-likeness (QED) is 0.483. The molecule has 1 rings (SSSR count). The van der Waals surface area contributed by atoms with Crippen LogP contribution in [0.2, 0.25) is 5.02 Å². The van der Waals surface area contributed by atoms with Crippen molar-refractivity contribution < 1.29 is 18.1 Å². The van der Waals surface area contributed by atoms with Gasteiger partial charge in [0.15, 0.2) is 5.75 Å². The molecule has 0 atom stereocenters. The average molecular weight is 286 g/mol. The lowest BCUT2D eigenvalue weighted by Crippen LogP contribution is -1.98. The van der Waals surface area contributed by atoms with Crippen molar-refractivity contribution in [2.75, 3.05) is 7.11 Å². The predicted octanol–water partition coefficient (Wildman–Crippen LogP) is 2.18. The van der Waals surface area contributed by atoms with E-state index < -0.39 is 24.6 Å². The van der Waals surface area contributed by atoms with Crippen LogP contribution in [-0.4, -0.2) is 20.5 Å². The summed E-state index contributed by atoms with van der Waals surface area (Å²) in [6, 6.07) is 1.78. The standard InChI is InChI=1S/C7H5Cl2NO5S/c1-15-6-2-4(8)7(16(9,13)14)3-5(6)10(11)12/h2-3H,1H3. The minimum absolute atomic E-state index is 0.140. The van der Waals surface area contributed by atoms with Crippen LogP contribution < -0.4 is 4.74 Å². The van der Waals surface area contributed by atoms with Crippen LogP contribution in [0.25, 0.3) is 0 Å². The Balaban J connectivity index is 3.58. The molecule has 0 heterocycles. The minimum Gasteiger partial charge on any atom is -0.490 e. The van der Waals surface area contributed by atoms with Gasteiger partial charge in [0.2, 0.25) is 0 Å². The molecule has 0 amide bonds. The number of ether oxygens (including phenoxy) is 1. The van der Waals surface area contributed by atoms with Crippen LogP contribution in [0.1, 0.15) is 0 Å². The lowest BCUT2D eigenvalue weighted by Gasteiger charge is -2.04. The molecule has 16 heavy (non-hydrogen) atoms. The summed E-state index contributed by atoms with van der Waals surface area (Å²) < 4.78 is 26.8. The Morgan fingerprint density at radius 2 is 2.00 bits per heavy atom. The molecule has 6 nitrogen and oxygen atoms in total. The zero-order valence-electron chi connectivity index (χ0n) is 7.81. The summed E-state index contributed by atoms with van der Waals surface area (Å²) in [6.07, 6.45) is 0. The number of nitro groups is 1. The van der Waals surface area contributed by atoms with Crippen molar-refractivity contribution in [3.8, 4) is 5.75 Å². The maximum absolute atomic E-state index is 11.0. The first kappa shape index (κ1) is 13.0. The Bertz CT molecular complexity index is 542. The van der Waals surface area contributed by atoms with E-state index in [1.807, 2.05) is 0 Å². The van der Waals surface area contributed by atoms with E-state index in [0.717, 1.165) is 12.1 Å². The molecule has 0 radical (unpaired) electrons. The Labute approximate surface area is 100 Å². The van der Waals surface area contributed by atoms with Crippen molar-refractivity contribution in [1.29, 1.82) is 0 Å². The highest BCUT2D eigenvalue weighted by Gasteiger charge is 2.24. The predicted molar refractivity (Wildman–Crippen MR) is 57.7 cm³/mol. The normalized spacial score (nSPS) is 11.2. The minimum atomic E-state index is -4.13. The van der Waals surface area contributed by atoms with Crippen LogP contribution in [0.3, 0.4) is 0 Å². The fraction of sp³-hybridized carbons (Fsp3) is 0.143. The highest BCUT2D eigenvalue weighted by Crippen LogP contribution is 2.36. The van der Waals surface area contributed by atoms with Gasteiger partial charge in [-0.2, -0.15) is 0 Å². The second kappa shape index (κ2) is 4.44. The summed E-state index contributed by atoms with van der Waals surface area (Å²) >= 11 is 5.60. The maximum Gasteiger partial charge on any atom is 0.312 e. The summed E-state index contributed by atoms with van der Waals surface area (Å²) in [6.45, 7) is 0. The first-order chi connectivity index (χ1) is 7.27. The van der Waals surface area contributed by atoms with Gasteiger partial charge in [0, 0.05) is 22.8 Å². The van der Waals surface area contributed by atoms with E-state index in [9.17, 15) is 18.5 Å². The van der Waals surface area contributed by atoms with E-state index in [4.69, 9.17) is 27.0 Å². The monoisotopic (exact) mass is 285 g/mol. The molecule has 0 N–H and O–H groups in total. The molecule has 0 aliphatic rings. The largest absolute Gasteiger partial charge is 0.490 e. The molecule has 1 aromatic carbocycles. The molecular formula is C7H5Cl2NO5S. The SMILES string of the molecule is COc1cc(Cl)c(S(=O)(=O)Cl)cc1[N+](=O)[O-]. The highest BCUT2D eigenvalue weighted by atomic mass is 35.7. The first-order valence-electron chi connectivity index (χ1n) is 3.74. The molecule has 0 aromatic heterocycles. The third-order valence-electron chi connectivity index (χ3n) is 1.69. The lowest BCUT2D eigenvalue weighted by molar-refractivity contribution is -0.386. The second-order valence-electron chi connectivity index (χ2n) is 2.65. The van der Waals surface area contributed by atoms with Crippen LogP contribution in [0.5, 0.6) is 5.75 Å². The maximum atomic E-state index is 11.0. The highest BCUT2D eigenvalue weighted by molar-refractivity contribution is 8.13. The van der Waals surface area contributed by atoms with Crippen LogP contribution in [-0.2, 0) is 9.05 Å². The molecule has 9 heteroatoms. The van der Waals surface area contributed by atoms with E-state index in [2.05, 4.69) is 0 Å². The molecule has 88 valence electrons. The van der Waals surface area contributed by atoms with Crippen LogP contribution in [0.15, 0.2) is 17.0 Å². The van der Waals surface area contributed by atoms with Gasteiger partial charge in [-0.15, -0.1) is 0 Å². The molecule has 0 saturated heterocycles. The Kier molecular flexibility index (Phi) is 3.61. The molecule has 0 fully saturated rings. The van der Waals surface area contributed by atoms with Crippen molar-refractivity contribution in [2.24, 2.45) is 0 Å². The number of benzene rings is 1. The summed E-state index contributed by atoms with van der Waals surface area (Å²) in [5.41, 5.74) is -0.522. The third kappa shape index (κ3) is 2.55. The summed E-state index contributed by atoms with van der Waals surface area (Å²) in [5, 5.41) is 10.4. The van der Waals surface area contributed by atoms with Crippen LogP contribution in [0, 0.1) is 10.1 Å². The zero-order valence-corrected chi connectivity index (χ0v) is 10.1. The Hall–Kier alpha value is -1.05. The van der Waals surface area contributed by atoms with Gasteiger partial charge < -0.3 is 4.74 Å². The van der Waals surface area contributed by atoms with Gasteiger partial charge in [-0.05, 0) is 0 Å². The molecule has 0 aliphatic carbocycles. The fourth-order valence-corrected chi connectivity index (χ4v) is 2.52. The van der Waals surface area contributed by atoms with E-state index in [-0.39, 0.29) is 10.8 Å². The van der Waals surface area contributed by atoms with Gasteiger partial charge in [-0.1, -0.05) is 11.6 Å².